The van der Waals surface area contributed by atoms with Gasteiger partial charge in [-0.3, -0.25) is 14.9 Å². The van der Waals surface area contributed by atoms with E-state index < -0.39 is 20.9 Å². The largest absolute Gasteiger partial charge is 0.493 e. The van der Waals surface area contributed by atoms with Crippen molar-refractivity contribution in [2.75, 3.05) is 7.11 Å². The third-order valence-electron chi connectivity index (χ3n) is 4.18. The predicted molar refractivity (Wildman–Crippen MR) is 120 cm³/mol. The van der Waals surface area contributed by atoms with Gasteiger partial charge in [-0.05, 0) is 35.9 Å². The van der Waals surface area contributed by atoms with Crippen LogP contribution in [0.1, 0.15) is 15.9 Å². The lowest BCUT2D eigenvalue weighted by atomic mass is 10.2. The van der Waals surface area contributed by atoms with Crippen molar-refractivity contribution in [3.8, 4) is 11.5 Å². The number of amides is 1. The third kappa shape index (κ3) is 5.84. The molecule has 0 saturated carbocycles. The number of non-ortho nitro benzene ring substituents is 1. The van der Waals surface area contributed by atoms with Crippen LogP contribution >= 0.6 is 11.6 Å². The number of nitro groups is 1. The highest BCUT2D eigenvalue weighted by Gasteiger charge is 2.22. The van der Waals surface area contributed by atoms with Crippen LogP contribution in [0.2, 0.25) is 5.02 Å². The number of carbonyl (C=O) groups is 1. The van der Waals surface area contributed by atoms with Gasteiger partial charge in [-0.15, -0.1) is 0 Å². The van der Waals surface area contributed by atoms with E-state index in [-0.39, 0.29) is 32.7 Å². The molecular formula is C21H16ClN3O7S. The molecule has 1 amide bonds. The fourth-order valence-corrected chi connectivity index (χ4v) is 3.91. The summed E-state index contributed by atoms with van der Waals surface area (Å²) < 4.78 is 35.4. The Morgan fingerprint density at radius 3 is 2.52 bits per heavy atom. The second-order valence-electron chi connectivity index (χ2n) is 6.39. The standard InChI is InChI=1S/C21H16ClN3O7S/c1-31-19-11-14(13-23-24-21(26)15-6-5-7-16(12-15)25(27)28)10-18(22)20(19)32-33(29,30)17-8-3-2-4-9-17/h2-13H,1H3,(H,24,26)/b23-13-. The highest BCUT2D eigenvalue weighted by atomic mass is 35.5. The first-order valence-corrected chi connectivity index (χ1v) is 10.9. The number of benzene rings is 3. The molecule has 33 heavy (non-hydrogen) atoms. The van der Waals surface area contributed by atoms with Crippen LogP contribution in [0.15, 0.2) is 76.7 Å². The van der Waals surface area contributed by atoms with Gasteiger partial charge in [0, 0.05) is 17.7 Å². The molecule has 0 saturated heterocycles. The van der Waals surface area contributed by atoms with Gasteiger partial charge in [-0.25, -0.2) is 5.43 Å². The van der Waals surface area contributed by atoms with Crippen molar-refractivity contribution in [1.82, 2.24) is 5.43 Å². The Hall–Kier alpha value is -3.96. The van der Waals surface area contributed by atoms with Crippen molar-refractivity contribution in [3.05, 3.63) is 93.0 Å². The average Bonchev–Trinajstić information content (AvgIpc) is 2.81. The Balaban J connectivity index is 1.78. The minimum Gasteiger partial charge on any atom is -0.493 e. The topological polar surface area (TPSA) is 137 Å². The summed E-state index contributed by atoms with van der Waals surface area (Å²) in [5, 5.41) is 14.6. The van der Waals surface area contributed by atoms with Crippen LogP contribution in [0.5, 0.6) is 11.5 Å². The summed E-state index contributed by atoms with van der Waals surface area (Å²) in [6, 6.07) is 15.4. The first kappa shape index (κ1) is 23.7. The number of ether oxygens (including phenoxy) is 1. The maximum atomic E-state index is 12.5. The Morgan fingerprint density at radius 2 is 1.85 bits per heavy atom. The molecule has 0 fully saturated rings. The molecule has 0 radical (unpaired) electrons. The van der Waals surface area contributed by atoms with E-state index >= 15 is 0 Å². The van der Waals surface area contributed by atoms with Crippen molar-refractivity contribution in [2.24, 2.45) is 5.10 Å². The summed E-state index contributed by atoms with van der Waals surface area (Å²) in [5.74, 6) is -0.851. The number of nitrogens with zero attached hydrogens (tertiary/aromatic N) is 2. The molecule has 0 aliphatic carbocycles. The number of nitro benzene ring substituents is 1. The van der Waals surface area contributed by atoms with E-state index in [2.05, 4.69) is 10.5 Å². The summed E-state index contributed by atoms with van der Waals surface area (Å²) in [6.45, 7) is 0. The summed E-state index contributed by atoms with van der Waals surface area (Å²) in [4.78, 5) is 22.3. The third-order valence-corrected chi connectivity index (χ3v) is 5.69. The number of rotatable bonds is 8. The first-order valence-electron chi connectivity index (χ1n) is 9.16. The van der Waals surface area contributed by atoms with Gasteiger partial charge in [0.1, 0.15) is 4.90 Å². The molecule has 0 spiro atoms. The normalized spacial score (nSPS) is 11.2. The lowest BCUT2D eigenvalue weighted by Crippen LogP contribution is -2.17. The summed E-state index contributed by atoms with van der Waals surface area (Å²) in [5.41, 5.74) is 2.42. The minimum absolute atomic E-state index is 0.0217. The Bertz CT molecular complexity index is 1330. The molecule has 0 bridgehead atoms. The van der Waals surface area contributed by atoms with E-state index in [1.807, 2.05) is 0 Å². The first-order chi connectivity index (χ1) is 15.7. The zero-order chi connectivity index (χ0) is 24.0. The van der Waals surface area contributed by atoms with Crippen LogP contribution in [0, 0.1) is 10.1 Å². The Labute approximate surface area is 193 Å². The van der Waals surface area contributed by atoms with E-state index in [1.165, 1.54) is 55.8 Å². The second-order valence-corrected chi connectivity index (χ2v) is 8.34. The molecule has 0 unspecified atom stereocenters. The van der Waals surface area contributed by atoms with E-state index in [1.54, 1.807) is 18.2 Å². The molecule has 3 rings (SSSR count). The highest BCUT2D eigenvalue weighted by Crippen LogP contribution is 2.38. The quantitative estimate of drug-likeness (QED) is 0.220. The number of halogens is 1. The smallest absolute Gasteiger partial charge is 0.339 e. The Morgan fingerprint density at radius 1 is 1.12 bits per heavy atom. The van der Waals surface area contributed by atoms with Gasteiger partial charge in [0.05, 0.1) is 23.3 Å². The fraction of sp³-hybridized carbons (Fsp3) is 0.0476. The van der Waals surface area contributed by atoms with Crippen LogP contribution < -0.4 is 14.3 Å². The van der Waals surface area contributed by atoms with Crippen LogP contribution in [-0.2, 0) is 10.1 Å². The number of nitrogens with one attached hydrogen (secondary N) is 1. The monoisotopic (exact) mass is 489 g/mol. The zero-order valence-electron chi connectivity index (χ0n) is 17.0. The molecule has 0 aliphatic rings. The maximum Gasteiger partial charge on any atom is 0.339 e. The van der Waals surface area contributed by atoms with E-state index in [9.17, 15) is 23.3 Å². The van der Waals surface area contributed by atoms with Gasteiger partial charge in [0.25, 0.3) is 11.6 Å². The average molecular weight is 490 g/mol. The molecule has 12 heteroatoms. The van der Waals surface area contributed by atoms with E-state index in [0.717, 1.165) is 6.07 Å². The fourth-order valence-electron chi connectivity index (χ4n) is 2.63. The lowest BCUT2D eigenvalue weighted by Gasteiger charge is -2.13. The van der Waals surface area contributed by atoms with Gasteiger partial charge < -0.3 is 8.92 Å². The SMILES string of the molecule is COc1cc(/C=N\NC(=O)c2cccc([N+](=O)[O-])c2)cc(Cl)c1OS(=O)(=O)c1ccccc1. The summed E-state index contributed by atoms with van der Waals surface area (Å²) >= 11 is 6.21. The molecule has 170 valence electrons. The summed E-state index contributed by atoms with van der Waals surface area (Å²) in [7, 11) is -2.85. The van der Waals surface area contributed by atoms with E-state index in [4.69, 9.17) is 20.5 Å². The number of methoxy groups -OCH3 is 1. The lowest BCUT2D eigenvalue weighted by molar-refractivity contribution is -0.384. The van der Waals surface area contributed by atoms with Gasteiger partial charge in [0.15, 0.2) is 5.75 Å². The van der Waals surface area contributed by atoms with Crippen molar-refractivity contribution in [2.45, 2.75) is 4.90 Å². The van der Waals surface area contributed by atoms with Gasteiger partial charge in [-0.1, -0.05) is 35.9 Å². The molecule has 0 aromatic heterocycles. The molecule has 3 aromatic carbocycles. The maximum absolute atomic E-state index is 12.5. The molecular weight excluding hydrogens is 474 g/mol. The Kier molecular flexibility index (Phi) is 7.26. The summed E-state index contributed by atoms with van der Waals surface area (Å²) in [6.07, 6.45) is 1.24. The van der Waals surface area contributed by atoms with Crippen molar-refractivity contribution in [3.63, 3.8) is 0 Å². The van der Waals surface area contributed by atoms with Crippen molar-refractivity contribution >= 4 is 39.5 Å². The van der Waals surface area contributed by atoms with Gasteiger partial charge in [-0.2, -0.15) is 13.5 Å². The van der Waals surface area contributed by atoms with Gasteiger partial charge in [0.2, 0.25) is 5.75 Å². The predicted octanol–water partition coefficient (Wildman–Crippen LogP) is 3.79. The molecule has 1 N–H and O–H groups in total. The minimum atomic E-state index is -4.15. The van der Waals surface area contributed by atoms with Crippen molar-refractivity contribution in [1.29, 1.82) is 0 Å². The van der Waals surface area contributed by atoms with Crippen LogP contribution in [0.25, 0.3) is 0 Å². The van der Waals surface area contributed by atoms with E-state index in [0.29, 0.717) is 5.56 Å². The number of hydrogen-bond donors (Lipinski definition) is 1. The molecule has 10 nitrogen and oxygen atoms in total. The molecule has 0 aliphatic heterocycles. The van der Waals surface area contributed by atoms with Crippen molar-refractivity contribution < 1.29 is 27.1 Å². The number of carbonyl (C=O) groups excluding carboxylic acids is 1. The van der Waals surface area contributed by atoms with Crippen LogP contribution in [-0.4, -0.2) is 32.6 Å². The number of hydrogen-bond acceptors (Lipinski definition) is 8. The second kappa shape index (κ2) is 10.1. The highest BCUT2D eigenvalue weighted by molar-refractivity contribution is 7.87. The molecule has 0 heterocycles. The van der Waals surface area contributed by atoms with Gasteiger partial charge >= 0.3 is 10.1 Å². The van der Waals surface area contributed by atoms with Crippen LogP contribution in [0.4, 0.5) is 5.69 Å². The molecule has 0 atom stereocenters. The number of hydrazone groups is 1. The molecule has 3 aromatic rings. The zero-order valence-corrected chi connectivity index (χ0v) is 18.5. The van der Waals surface area contributed by atoms with Crippen LogP contribution in [0.3, 0.4) is 0 Å².